The Bertz CT molecular complexity index is 855. The fraction of sp³-hybridized carbons (Fsp3) is 0.389. The summed E-state index contributed by atoms with van der Waals surface area (Å²) in [6.45, 7) is 4.88. The van der Waals surface area contributed by atoms with Gasteiger partial charge in [-0.05, 0) is 38.1 Å². The quantitative estimate of drug-likeness (QED) is 0.732. The molecular formula is C18H25N3O4S. The van der Waals surface area contributed by atoms with Crippen molar-refractivity contribution in [3.63, 3.8) is 0 Å². The minimum atomic E-state index is -3.58. The van der Waals surface area contributed by atoms with Crippen molar-refractivity contribution in [3.05, 3.63) is 53.3 Å². The summed E-state index contributed by atoms with van der Waals surface area (Å²) in [5.41, 5.74) is 2.29. The van der Waals surface area contributed by atoms with Crippen LogP contribution in [0.25, 0.3) is 0 Å². The molecule has 0 aliphatic carbocycles. The van der Waals surface area contributed by atoms with Crippen molar-refractivity contribution in [2.45, 2.75) is 38.0 Å². The maximum absolute atomic E-state index is 12.3. The third-order valence-corrected chi connectivity index (χ3v) is 5.23. The maximum Gasteiger partial charge on any atom is 0.268 e. The van der Waals surface area contributed by atoms with Crippen LogP contribution in [0.2, 0.25) is 0 Å². The first-order chi connectivity index (χ1) is 12.2. The molecule has 0 atom stereocenters. The van der Waals surface area contributed by atoms with Crippen molar-refractivity contribution in [1.29, 1.82) is 0 Å². The standard InChI is InChI=1S/C18H25N3O4S/c1-13(2)25-12-15-7-5-14(6-8-15)10-20-18(22)17-9-16(11-21(17)4)26(23,24)19-3/h5-9,11,13,19H,10,12H2,1-4H3,(H,20,22). The first-order valence-corrected chi connectivity index (χ1v) is 9.79. The highest BCUT2D eigenvalue weighted by Gasteiger charge is 2.18. The van der Waals surface area contributed by atoms with Crippen molar-refractivity contribution in [2.75, 3.05) is 7.05 Å². The van der Waals surface area contributed by atoms with Crippen molar-refractivity contribution < 1.29 is 17.9 Å². The normalized spacial score (nSPS) is 11.7. The Morgan fingerprint density at radius 1 is 1.19 bits per heavy atom. The molecule has 8 heteroatoms. The molecule has 1 aromatic heterocycles. The highest BCUT2D eigenvalue weighted by atomic mass is 32.2. The SMILES string of the molecule is CNS(=O)(=O)c1cc(C(=O)NCc2ccc(COC(C)C)cc2)n(C)c1. The molecule has 7 nitrogen and oxygen atoms in total. The molecule has 1 heterocycles. The largest absolute Gasteiger partial charge is 0.374 e. The molecule has 0 saturated heterocycles. The Kier molecular flexibility index (Phi) is 6.57. The fourth-order valence-electron chi connectivity index (χ4n) is 2.31. The van der Waals surface area contributed by atoms with Gasteiger partial charge in [0, 0.05) is 19.8 Å². The second-order valence-corrected chi connectivity index (χ2v) is 8.12. The second-order valence-electron chi connectivity index (χ2n) is 6.24. The van der Waals surface area contributed by atoms with Crippen LogP contribution in [0.3, 0.4) is 0 Å². The molecule has 2 rings (SSSR count). The number of benzene rings is 1. The van der Waals surface area contributed by atoms with E-state index in [4.69, 9.17) is 4.74 Å². The number of rotatable bonds is 8. The lowest BCUT2D eigenvalue weighted by Gasteiger charge is -2.09. The van der Waals surface area contributed by atoms with Crippen LogP contribution >= 0.6 is 0 Å². The zero-order chi connectivity index (χ0) is 19.3. The summed E-state index contributed by atoms with van der Waals surface area (Å²) in [5, 5.41) is 2.80. The summed E-state index contributed by atoms with van der Waals surface area (Å²) in [5.74, 6) is -0.336. The number of nitrogens with one attached hydrogen (secondary N) is 2. The molecule has 1 aromatic carbocycles. The average molecular weight is 379 g/mol. The van der Waals surface area contributed by atoms with Gasteiger partial charge in [-0.3, -0.25) is 4.79 Å². The van der Waals surface area contributed by atoms with Crippen LogP contribution in [-0.4, -0.2) is 32.0 Å². The highest BCUT2D eigenvalue weighted by molar-refractivity contribution is 7.89. The number of aryl methyl sites for hydroxylation is 1. The molecule has 1 amide bonds. The molecule has 2 N–H and O–H groups in total. The van der Waals surface area contributed by atoms with E-state index in [-0.39, 0.29) is 22.6 Å². The van der Waals surface area contributed by atoms with Crippen LogP contribution in [0.1, 0.15) is 35.5 Å². The summed E-state index contributed by atoms with van der Waals surface area (Å²) >= 11 is 0. The van der Waals surface area contributed by atoms with Crippen LogP contribution in [-0.2, 0) is 35.0 Å². The van der Waals surface area contributed by atoms with Gasteiger partial charge < -0.3 is 14.6 Å². The molecule has 0 spiro atoms. The molecule has 26 heavy (non-hydrogen) atoms. The smallest absolute Gasteiger partial charge is 0.268 e. The van der Waals surface area contributed by atoms with Gasteiger partial charge >= 0.3 is 0 Å². The number of hydrogen-bond donors (Lipinski definition) is 2. The first kappa shape index (κ1) is 20.2. The Labute approximate surface area is 154 Å². The third kappa shape index (κ3) is 5.17. The van der Waals surface area contributed by atoms with E-state index in [2.05, 4.69) is 10.0 Å². The molecule has 0 aliphatic rings. The lowest BCUT2D eigenvalue weighted by Crippen LogP contribution is -2.24. The molecule has 0 fully saturated rings. The van der Waals surface area contributed by atoms with Crippen LogP contribution in [0.4, 0.5) is 0 Å². The van der Waals surface area contributed by atoms with Gasteiger partial charge in [0.05, 0.1) is 12.7 Å². The van der Waals surface area contributed by atoms with Gasteiger partial charge in [0.25, 0.3) is 5.91 Å². The van der Waals surface area contributed by atoms with E-state index in [0.29, 0.717) is 13.2 Å². The summed E-state index contributed by atoms with van der Waals surface area (Å²) in [6.07, 6.45) is 1.58. The van der Waals surface area contributed by atoms with Gasteiger partial charge in [-0.15, -0.1) is 0 Å². The van der Waals surface area contributed by atoms with Crippen LogP contribution in [0.15, 0.2) is 41.4 Å². The maximum atomic E-state index is 12.3. The summed E-state index contributed by atoms with van der Waals surface area (Å²) < 4.78 is 32.9. The number of sulfonamides is 1. The lowest BCUT2D eigenvalue weighted by atomic mass is 10.1. The highest BCUT2D eigenvalue weighted by Crippen LogP contribution is 2.13. The van der Waals surface area contributed by atoms with E-state index in [1.165, 1.54) is 23.9 Å². The molecule has 0 aliphatic heterocycles. The van der Waals surface area contributed by atoms with Crippen LogP contribution in [0.5, 0.6) is 0 Å². The van der Waals surface area contributed by atoms with E-state index < -0.39 is 10.0 Å². The predicted octanol–water partition coefficient (Wildman–Crippen LogP) is 1.79. The molecule has 142 valence electrons. The number of hydrogen-bond acceptors (Lipinski definition) is 4. The number of nitrogens with zero attached hydrogens (tertiary/aromatic N) is 1. The van der Waals surface area contributed by atoms with E-state index in [0.717, 1.165) is 11.1 Å². The van der Waals surface area contributed by atoms with Gasteiger partial charge in [0.2, 0.25) is 10.0 Å². The number of carbonyl (C=O) groups excluding carboxylic acids is 1. The molecule has 0 bridgehead atoms. The zero-order valence-electron chi connectivity index (χ0n) is 15.4. The Morgan fingerprint density at radius 2 is 1.81 bits per heavy atom. The summed E-state index contributed by atoms with van der Waals surface area (Å²) in [6, 6.07) is 9.14. The van der Waals surface area contributed by atoms with Gasteiger partial charge in [-0.2, -0.15) is 0 Å². The number of ether oxygens (including phenoxy) is 1. The van der Waals surface area contributed by atoms with Gasteiger partial charge in [0.15, 0.2) is 0 Å². The number of carbonyl (C=O) groups is 1. The van der Waals surface area contributed by atoms with E-state index >= 15 is 0 Å². The summed E-state index contributed by atoms with van der Waals surface area (Å²) in [4.78, 5) is 12.4. The number of aromatic nitrogens is 1. The van der Waals surface area contributed by atoms with E-state index in [1.54, 1.807) is 7.05 Å². The Balaban J connectivity index is 1.98. The zero-order valence-corrected chi connectivity index (χ0v) is 16.3. The topological polar surface area (TPSA) is 89.4 Å². The Hall–Kier alpha value is -2.16. The predicted molar refractivity (Wildman–Crippen MR) is 99.2 cm³/mol. The second kappa shape index (κ2) is 8.48. The first-order valence-electron chi connectivity index (χ1n) is 8.30. The van der Waals surface area contributed by atoms with Crippen molar-refractivity contribution >= 4 is 15.9 Å². The van der Waals surface area contributed by atoms with Crippen LogP contribution in [0, 0.1) is 0 Å². The lowest BCUT2D eigenvalue weighted by molar-refractivity contribution is 0.0657. The average Bonchev–Trinajstić information content (AvgIpc) is 3.01. The molecular weight excluding hydrogens is 354 g/mol. The van der Waals surface area contributed by atoms with Gasteiger partial charge in [-0.25, -0.2) is 13.1 Å². The molecule has 0 unspecified atom stereocenters. The van der Waals surface area contributed by atoms with Crippen LogP contribution < -0.4 is 10.0 Å². The van der Waals surface area contributed by atoms with Crippen molar-refractivity contribution in [3.8, 4) is 0 Å². The van der Waals surface area contributed by atoms with Crippen molar-refractivity contribution in [1.82, 2.24) is 14.6 Å². The molecule has 0 radical (unpaired) electrons. The van der Waals surface area contributed by atoms with Gasteiger partial charge in [-0.1, -0.05) is 24.3 Å². The number of amides is 1. The minimum Gasteiger partial charge on any atom is -0.374 e. The molecule has 2 aromatic rings. The minimum absolute atomic E-state index is 0.0576. The Morgan fingerprint density at radius 3 is 2.38 bits per heavy atom. The monoisotopic (exact) mass is 379 g/mol. The van der Waals surface area contributed by atoms with E-state index in [9.17, 15) is 13.2 Å². The fourth-order valence-corrected chi connectivity index (χ4v) is 3.11. The third-order valence-electron chi connectivity index (χ3n) is 3.85. The molecule has 0 saturated carbocycles. The van der Waals surface area contributed by atoms with Gasteiger partial charge in [0.1, 0.15) is 10.6 Å². The summed E-state index contributed by atoms with van der Waals surface area (Å²) in [7, 11) is -0.616. The van der Waals surface area contributed by atoms with E-state index in [1.807, 2.05) is 38.1 Å². The van der Waals surface area contributed by atoms with Crippen molar-refractivity contribution in [2.24, 2.45) is 7.05 Å².